The molecule has 0 bridgehead atoms. The topological polar surface area (TPSA) is 116 Å². The van der Waals surface area contributed by atoms with Crippen molar-refractivity contribution in [2.45, 2.75) is 13.8 Å². The number of hydrogen-bond acceptors (Lipinski definition) is 7. The lowest BCUT2D eigenvalue weighted by atomic mass is 10.2. The van der Waals surface area contributed by atoms with E-state index < -0.39 is 10.0 Å². The lowest BCUT2D eigenvalue weighted by Gasteiger charge is -2.14. The molecule has 10 heteroatoms. The molecular weight excluding hydrogens is 380 g/mol. The number of carbonyl (C=O) groups is 1. The summed E-state index contributed by atoms with van der Waals surface area (Å²) >= 11 is 0. The normalized spacial score (nSPS) is 11.3. The van der Waals surface area contributed by atoms with Gasteiger partial charge in [-0.15, -0.1) is 0 Å². The van der Waals surface area contributed by atoms with Gasteiger partial charge in [0.2, 0.25) is 21.9 Å². The van der Waals surface area contributed by atoms with E-state index in [-0.39, 0.29) is 12.5 Å². The third kappa shape index (κ3) is 7.12. The van der Waals surface area contributed by atoms with Gasteiger partial charge in [0.05, 0.1) is 12.8 Å². The summed E-state index contributed by atoms with van der Waals surface area (Å²) in [5.41, 5.74) is 2.90. The third-order valence-corrected chi connectivity index (χ3v) is 5.10. The molecule has 0 unspecified atom stereocenters. The number of nitrogens with zero attached hydrogens (tertiary/aromatic N) is 3. The van der Waals surface area contributed by atoms with Gasteiger partial charge >= 0.3 is 0 Å². The minimum absolute atomic E-state index is 0.218. The first-order valence-electron chi connectivity index (χ1n) is 8.75. The van der Waals surface area contributed by atoms with E-state index in [1.165, 1.54) is 12.6 Å². The zero-order valence-corrected chi connectivity index (χ0v) is 17.3. The van der Waals surface area contributed by atoms with Crippen molar-refractivity contribution in [2.75, 3.05) is 43.6 Å². The van der Waals surface area contributed by atoms with E-state index in [1.54, 1.807) is 0 Å². The van der Waals surface area contributed by atoms with Gasteiger partial charge in [-0.05, 0) is 26.0 Å². The molecule has 0 aliphatic heterocycles. The summed E-state index contributed by atoms with van der Waals surface area (Å²) < 4.78 is 23.6. The molecule has 9 nitrogen and oxygen atoms in total. The Hall–Kier alpha value is -2.72. The zero-order valence-electron chi connectivity index (χ0n) is 16.5. The number of rotatable bonds is 9. The summed E-state index contributed by atoms with van der Waals surface area (Å²) in [5, 5.41) is 8.94. The second kappa shape index (κ2) is 9.47. The van der Waals surface area contributed by atoms with Crippen molar-refractivity contribution in [1.29, 1.82) is 0 Å². The van der Waals surface area contributed by atoms with Crippen molar-refractivity contribution in [3.05, 3.63) is 41.6 Å². The van der Waals surface area contributed by atoms with Gasteiger partial charge in [-0.3, -0.25) is 4.79 Å². The molecule has 2 aromatic rings. The number of amides is 1. The Morgan fingerprint density at radius 3 is 2.43 bits per heavy atom. The molecule has 0 aliphatic rings. The van der Waals surface area contributed by atoms with Gasteiger partial charge in [0.15, 0.2) is 0 Å². The summed E-state index contributed by atoms with van der Waals surface area (Å²) in [4.78, 5) is 20.5. The Morgan fingerprint density at radius 1 is 1.11 bits per heavy atom. The number of hydrogen-bond donors (Lipinski definition) is 3. The first kappa shape index (κ1) is 21.6. The van der Waals surface area contributed by atoms with Crippen LogP contribution in [0.4, 0.5) is 17.5 Å². The summed E-state index contributed by atoms with van der Waals surface area (Å²) in [7, 11) is -2.02. The molecule has 0 radical (unpaired) electrons. The minimum atomic E-state index is -3.38. The molecule has 28 heavy (non-hydrogen) atoms. The molecule has 0 saturated heterocycles. The summed E-state index contributed by atoms with van der Waals surface area (Å²) in [6.07, 6.45) is 1.05. The average molecular weight is 407 g/mol. The van der Waals surface area contributed by atoms with E-state index in [9.17, 15) is 13.2 Å². The molecule has 152 valence electrons. The largest absolute Gasteiger partial charge is 0.353 e. The maximum absolute atomic E-state index is 11.8. The molecule has 0 aliphatic carbocycles. The van der Waals surface area contributed by atoms with Crippen LogP contribution in [0.25, 0.3) is 0 Å². The number of likely N-dealkylation sites (N-methyl/N-ethyl adjacent to an activating group) is 1. The van der Waals surface area contributed by atoms with Crippen LogP contribution in [-0.2, 0) is 14.8 Å². The first-order chi connectivity index (χ1) is 13.1. The molecule has 1 aromatic heterocycles. The van der Waals surface area contributed by atoms with Crippen molar-refractivity contribution < 1.29 is 13.2 Å². The molecule has 0 fully saturated rings. The summed E-state index contributed by atoms with van der Waals surface area (Å²) in [6.45, 7) is 4.40. The van der Waals surface area contributed by atoms with Gasteiger partial charge in [-0.1, -0.05) is 17.7 Å². The quantitative estimate of drug-likeness (QED) is 0.537. The molecule has 2 rings (SSSR count). The highest BCUT2D eigenvalue weighted by Crippen LogP contribution is 2.17. The highest BCUT2D eigenvalue weighted by Gasteiger charge is 2.14. The Kier molecular flexibility index (Phi) is 7.30. The first-order valence-corrected chi connectivity index (χ1v) is 10.6. The fraction of sp³-hybridized carbons (Fsp3) is 0.389. The maximum Gasteiger partial charge on any atom is 0.235 e. The van der Waals surface area contributed by atoms with Crippen molar-refractivity contribution in [3.63, 3.8) is 0 Å². The Balaban J connectivity index is 1.85. The minimum Gasteiger partial charge on any atom is -0.353 e. The zero-order chi connectivity index (χ0) is 20.7. The number of aromatic nitrogens is 2. The van der Waals surface area contributed by atoms with Crippen LogP contribution in [0.1, 0.15) is 11.3 Å². The molecule has 1 heterocycles. The predicted octanol–water partition coefficient (Wildman–Crippen LogP) is 1.26. The molecule has 1 amide bonds. The highest BCUT2D eigenvalue weighted by molar-refractivity contribution is 7.88. The van der Waals surface area contributed by atoms with E-state index in [0.29, 0.717) is 24.9 Å². The summed E-state index contributed by atoms with van der Waals surface area (Å²) in [5.74, 6) is 0.733. The van der Waals surface area contributed by atoms with Gasteiger partial charge in [0.25, 0.3) is 0 Å². The second-order valence-electron chi connectivity index (χ2n) is 6.50. The van der Waals surface area contributed by atoms with Crippen LogP contribution in [0.2, 0.25) is 0 Å². The molecule has 3 N–H and O–H groups in total. The van der Waals surface area contributed by atoms with E-state index in [1.807, 2.05) is 44.2 Å². The van der Waals surface area contributed by atoms with Crippen molar-refractivity contribution in [3.8, 4) is 0 Å². The van der Waals surface area contributed by atoms with Gasteiger partial charge < -0.3 is 16.0 Å². The molecular formula is C18H26N6O3S. The number of nitrogens with one attached hydrogen (secondary N) is 3. The van der Waals surface area contributed by atoms with Crippen LogP contribution in [0.5, 0.6) is 0 Å². The Bertz CT molecular complexity index is 915. The standard InChI is InChI=1S/C18H26N6O3S/c1-13-5-7-15(8-6-13)22-16-11-14(2)21-18(23-16)20-10-9-19-17(25)12-24(3)28(4,26)27/h5-8,11H,9-10,12H2,1-4H3,(H,19,25)(H2,20,21,22,23). The van der Waals surface area contributed by atoms with Crippen molar-refractivity contribution >= 4 is 33.4 Å². The third-order valence-electron chi connectivity index (χ3n) is 3.84. The van der Waals surface area contributed by atoms with Crippen LogP contribution in [0.15, 0.2) is 30.3 Å². The van der Waals surface area contributed by atoms with E-state index in [2.05, 4.69) is 25.9 Å². The fourth-order valence-corrected chi connectivity index (χ4v) is 2.60. The van der Waals surface area contributed by atoms with Crippen LogP contribution in [0.3, 0.4) is 0 Å². The van der Waals surface area contributed by atoms with Gasteiger partial charge in [0, 0.05) is 37.6 Å². The Morgan fingerprint density at radius 2 is 1.79 bits per heavy atom. The number of aryl methyl sites for hydroxylation is 2. The fourth-order valence-electron chi connectivity index (χ4n) is 2.25. The molecule has 1 aromatic carbocycles. The number of anilines is 3. The number of carbonyl (C=O) groups excluding carboxylic acids is 1. The lowest BCUT2D eigenvalue weighted by Crippen LogP contribution is -2.39. The van der Waals surface area contributed by atoms with Gasteiger partial charge in [-0.25, -0.2) is 13.4 Å². The smallest absolute Gasteiger partial charge is 0.235 e. The van der Waals surface area contributed by atoms with E-state index in [0.717, 1.165) is 21.9 Å². The predicted molar refractivity (Wildman–Crippen MR) is 110 cm³/mol. The molecule has 0 spiro atoms. The van der Waals surface area contributed by atoms with Gasteiger partial charge in [0.1, 0.15) is 5.82 Å². The average Bonchev–Trinajstić information content (AvgIpc) is 2.59. The summed E-state index contributed by atoms with van der Waals surface area (Å²) in [6, 6.07) is 9.82. The van der Waals surface area contributed by atoms with Crippen LogP contribution in [-0.4, -0.2) is 61.5 Å². The van der Waals surface area contributed by atoms with Crippen LogP contribution < -0.4 is 16.0 Å². The van der Waals surface area contributed by atoms with Crippen LogP contribution >= 0.6 is 0 Å². The lowest BCUT2D eigenvalue weighted by molar-refractivity contribution is -0.121. The van der Waals surface area contributed by atoms with E-state index in [4.69, 9.17) is 0 Å². The van der Waals surface area contributed by atoms with Crippen LogP contribution in [0, 0.1) is 13.8 Å². The van der Waals surface area contributed by atoms with Gasteiger partial charge in [-0.2, -0.15) is 9.29 Å². The van der Waals surface area contributed by atoms with E-state index >= 15 is 0 Å². The monoisotopic (exact) mass is 406 g/mol. The van der Waals surface area contributed by atoms with Crippen molar-refractivity contribution in [1.82, 2.24) is 19.6 Å². The molecule has 0 atom stereocenters. The highest BCUT2D eigenvalue weighted by atomic mass is 32.2. The Labute approximate surface area is 165 Å². The second-order valence-corrected chi connectivity index (χ2v) is 8.59. The SMILES string of the molecule is Cc1ccc(Nc2cc(C)nc(NCCNC(=O)CN(C)S(C)(=O)=O)n2)cc1. The molecule has 0 saturated carbocycles. The number of benzene rings is 1. The van der Waals surface area contributed by atoms with Crippen molar-refractivity contribution in [2.24, 2.45) is 0 Å². The maximum atomic E-state index is 11.8. The number of sulfonamides is 1.